The van der Waals surface area contributed by atoms with Gasteiger partial charge in [0.1, 0.15) is 18.1 Å². The highest BCUT2D eigenvalue weighted by molar-refractivity contribution is 5.78. The van der Waals surface area contributed by atoms with E-state index in [-0.39, 0.29) is 12.5 Å². The standard InChI is InChI=1S/C23H23N5O4/c1-30-17-8-9-19(31-2)18(15-17)23-26-25-20-10-11-22(27-28(20)23)32-13-12-24-21(29)14-16-6-4-3-5-7-16/h3-11,15H,12-14H2,1-2H3,(H,24,29). The molecule has 9 nitrogen and oxygen atoms in total. The first-order valence-electron chi connectivity index (χ1n) is 10.1. The van der Waals surface area contributed by atoms with Crippen molar-refractivity contribution in [1.82, 2.24) is 25.1 Å². The van der Waals surface area contributed by atoms with Gasteiger partial charge in [-0.05, 0) is 29.8 Å². The van der Waals surface area contributed by atoms with E-state index in [9.17, 15) is 4.79 Å². The number of carbonyl (C=O) groups excluding carboxylic acids is 1. The Morgan fingerprint density at radius 1 is 1.00 bits per heavy atom. The van der Waals surface area contributed by atoms with Crippen LogP contribution in [0.3, 0.4) is 0 Å². The van der Waals surface area contributed by atoms with E-state index in [4.69, 9.17) is 14.2 Å². The van der Waals surface area contributed by atoms with Crippen molar-refractivity contribution in [3.8, 4) is 28.8 Å². The lowest BCUT2D eigenvalue weighted by Crippen LogP contribution is -2.29. The maximum Gasteiger partial charge on any atom is 0.231 e. The van der Waals surface area contributed by atoms with Gasteiger partial charge in [0.25, 0.3) is 0 Å². The molecule has 0 aliphatic rings. The number of nitrogens with one attached hydrogen (secondary N) is 1. The number of rotatable bonds is 9. The number of methoxy groups -OCH3 is 2. The van der Waals surface area contributed by atoms with Crippen LogP contribution in [0.2, 0.25) is 0 Å². The molecule has 2 aromatic carbocycles. The van der Waals surface area contributed by atoms with Crippen LogP contribution in [0, 0.1) is 0 Å². The number of fused-ring (bicyclic) bond motifs is 1. The molecule has 1 amide bonds. The minimum absolute atomic E-state index is 0.0607. The van der Waals surface area contributed by atoms with Crippen molar-refractivity contribution in [3.63, 3.8) is 0 Å². The first-order chi connectivity index (χ1) is 15.7. The van der Waals surface area contributed by atoms with E-state index in [2.05, 4.69) is 20.6 Å². The summed E-state index contributed by atoms with van der Waals surface area (Å²) in [7, 11) is 3.18. The summed E-state index contributed by atoms with van der Waals surface area (Å²) in [4.78, 5) is 12.1. The van der Waals surface area contributed by atoms with E-state index in [1.807, 2.05) is 36.4 Å². The van der Waals surface area contributed by atoms with Crippen LogP contribution in [0.4, 0.5) is 0 Å². The average Bonchev–Trinajstić information content (AvgIpc) is 3.25. The van der Waals surface area contributed by atoms with Crippen LogP contribution in [0.1, 0.15) is 5.56 Å². The fourth-order valence-electron chi connectivity index (χ4n) is 3.20. The van der Waals surface area contributed by atoms with Gasteiger partial charge in [0, 0.05) is 6.07 Å². The molecule has 1 N–H and O–H groups in total. The molecular weight excluding hydrogens is 410 g/mol. The summed E-state index contributed by atoms with van der Waals surface area (Å²) in [5.41, 5.74) is 2.22. The molecule has 0 atom stereocenters. The maximum atomic E-state index is 12.1. The Balaban J connectivity index is 1.42. The third-order valence-electron chi connectivity index (χ3n) is 4.77. The molecule has 4 aromatic rings. The zero-order valence-electron chi connectivity index (χ0n) is 17.8. The quantitative estimate of drug-likeness (QED) is 0.405. The van der Waals surface area contributed by atoms with E-state index in [0.717, 1.165) is 5.56 Å². The number of hydrogen-bond acceptors (Lipinski definition) is 7. The molecule has 0 aliphatic heterocycles. The third-order valence-corrected chi connectivity index (χ3v) is 4.77. The smallest absolute Gasteiger partial charge is 0.231 e. The molecule has 9 heteroatoms. The molecule has 0 aliphatic carbocycles. The summed E-state index contributed by atoms with van der Waals surface area (Å²) in [6.45, 7) is 0.642. The molecule has 0 unspecified atom stereocenters. The summed E-state index contributed by atoms with van der Waals surface area (Å²) >= 11 is 0. The minimum Gasteiger partial charge on any atom is -0.497 e. The Hall–Kier alpha value is -4.14. The van der Waals surface area contributed by atoms with Crippen LogP contribution < -0.4 is 19.5 Å². The fourth-order valence-corrected chi connectivity index (χ4v) is 3.20. The van der Waals surface area contributed by atoms with Crippen molar-refractivity contribution in [3.05, 3.63) is 66.2 Å². The summed E-state index contributed by atoms with van der Waals surface area (Å²) in [5, 5.41) is 15.8. The summed E-state index contributed by atoms with van der Waals surface area (Å²) < 4.78 is 18.1. The third kappa shape index (κ3) is 4.77. The Kier molecular flexibility index (Phi) is 6.45. The lowest BCUT2D eigenvalue weighted by atomic mass is 10.1. The second-order valence-corrected chi connectivity index (χ2v) is 6.89. The molecule has 0 radical (unpaired) electrons. The predicted octanol–water partition coefficient (Wildman–Crippen LogP) is 2.55. The summed E-state index contributed by atoms with van der Waals surface area (Å²) in [5.74, 6) is 2.11. The zero-order valence-corrected chi connectivity index (χ0v) is 17.8. The van der Waals surface area contributed by atoms with Gasteiger partial charge in [-0.25, -0.2) is 0 Å². The lowest BCUT2D eigenvalue weighted by Gasteiger charge is -2.10. The number of aromatic nitrogens is 4. The largest absolute Gasteiger partial charge is 0.497 e. The number of nitrogens with zero attached hydrogens (tertiary/aromatic N) is 4. The van der Waals surface area contributed by atoms with E-state index in [0.29, 0.717) is 47.4 Å². The predicted molar refractivity (Wildman–Crippen MR) is 118 cm³/mol. The van der Waals surface area contributed by atoms with Gasteiger partial charge in [0.05, 0.1) is 32.7 Å². The van der Waals surface area contributed by atoms with Crippen molar-refractivity contribution >= 4 is 11.6 Å². The van der Waals surface area contributed by atoms with Crippen molar-refractivity contribution in [1.29, 1.82) is 0 Å². The normalized spacial score (nSPS) is 10.7. The molecular formula is C23H23N5O4. The Bertz CT molecular complexity index is 1210. The molecule has 164 valence electrons. The van der Waals surface area contributed by atoms with Gasteiger partial charge in [-0.2, -0.15) is 4.52 Å². The molecule has 2 heterocycles. The summed E-state index contributed by atoms with van der Waals surface area (Å²) in [6, 6.07) is 18.5. The number of amides is 1. The van der Waals surface area contributed by atoms with E-state index >= 15 is 0 Å². The SMILES string of the molecule is COc1ccc(OC)c(-c2nnc3ccc(OCCNC(=O)Cc4ccccc4)nn23)c1. The highest BCUT2D eigenvalue weighted by Crippen LogP contribution is 2.32. The van der Waals surface area contributed by atoms with Crippen molar-refractivity contribution in [2.75, 3.05) is 27.4 Å². The Morgan fingerprint density at radius 3 is 2.62 bits per heavy atom. The highest BCUT2D eigenvalue weighted by Gasteiger charge is 2.16. The molecule has 0 saturated carbocycles. The van der Waals surface area contributed by atoms with Crippen LogP contribution in [0.25, 0.3) is 17.0 Å². The molecule has 4 rings (SSSR count). The maximum absolute atomic E-state index is 12.1. The topological polar surface area (TPSA) is 99.9 Å². The summed E-state index contributed by atoms with van der Waals surface area (Å²) in [6.07, 6.45) is 0.331. The van der Waals surface area contributed by atoms with Gasteiger partial charge in [-0.15, -0.1) is 15.3 Å². The van der Waals surface area contributed by atoms with Crippen molar-refractivity contribution < 1.29 is 19.0 Å². The van der Waals surface area contributed by atoms with Gasteiger partial charge in [-0.1, -0.05) is 30.3 Å². The van der Waals surface area contributed by atoms with Crippen LogP contribution in [0.5, 0.6) is 17.4 Å². The van der Waals surface area contributed by atoms with Gasteiger partial charge in [0.15, 0.2) is 11.5 Å². The van der Waals surface area contributed by atoms with Gasteiger partial charge in [0.2, 0.25) is 11.8 Å². The molecule has 0 bridgehead atoms. The zero-order chi connectivity index (χ0) is 22.3. The van der Waals surface area contributed by atoms with Gasteiger partial charge >= 0.3 is 0 Å². The van der Waals surface area contributed by atoms with E-state index < -0.39 is 0 Å². The number of carbonyl (C=O) groups is 1. The van der Waals surface area contributed by atoms with E-state index in [1.54, 1.807) is 43.0 Å². The Morgan fingerprint density at radius 2 is 1.84 bits per heavy atom. The lowest BCUT2D eigenvalue weighted by molar-refractivity contribution is -0.120. The van der Waals surface area contributed by atoms with Crippen molar-refractivity contribution in [2.45, 2.75) is 6.42 Å². The number of benzene rings is 2. The van der Waals surface area contributed by atoms with Gasteiger partial charge < -0.3 is 19.5 Å². The van der Waals surface area contributed by atoms with Gasteiger partial charge in [-0.3, -0.25) is 4.79 Å². The second kappa shape index (κ2) is 9.78. The van der Waals surface area contributed by atoms with Crippen molar-refractivity contribution in [2.24, 2.45) is 0 Å². The highest BCUT2D eigenvalue weighted by atomic mass is 16.5. The average molecular weight is 433 g/mol. The van der Waals surface area contributed by atoms with Crippen LogP contribution >= 0.6 is 0 Å². The molecule has 2 aromatic heterocycles. The molecule has 0 fully saturated rings. The monoisotopic (exact) mass is 433 g/mol. The molecule has 32 heavy (non-hydrogen) atoms. The Labute approximate surface area is 185 Å². The van der Waals surface area contributed by atoms with Crippen LogP contribution in [-0.2, 0) is 11.2 Å². The number of hydrogen-bond donors (Lipinski definition) is 1. The fraction of sp³-hybridized carbons (Fsp3) is 0.217. The van der Waals surface area contributed by atoms with Crippen LogP contribution in [-0.4, -0.2) is 53.1 Å². The molecule has 0 spiro atoms. The minimum atomic E-state index is -0.0607. The first kappa shape index (κ1) is 21.1. The van der Waals surface area contributed by atoms with Crippen LogP contribution in [0.15, 0.2) is 60.7 Å². The first-order valence-corrected chi connectivity index (χ1v) is 10.1. The van der Waals surface area contributed by atoms with E-state index in [1.165, 1.54) is 0 Å². The number of ether oxygens (including phenoxy) is 3. The second-order valence-electron chi connectivity index (χ2n) is 6.89. The molecule has 0 saturated heterocycles.